The summed E-state index contributed by atoms with van der Waals surface area (Å²) in [6, 6.07) is 6.44. The van der Waals surface area contributed by atoms with Gasteiger partial charge >= 0.3 is 0 Å². The number of phenolic OH excluding ortho intramolecular Hbond substituents is 1. The van der Waals surface area contributed by atoms with Gasteiger partial charge in [0.2, 0.25) is 0 Å². The normalized spacial score (nSPS) is 24.0. The molecule has 1 saturated carbocycles. The Balaban J connectivity index is 1.79. The number of hydrogen-bond donors (Lipinski definition) is 1. The van der Waals surface area contributed by atoms with Crippen molar-refractivity contribution >= 4 is 0 Å². The van der Waals surface area contributed by atoms with Crippen molar-refractivity contribution in [3.63, 3.8) is 0 Å². The van der Waals surface area contributed by atoms with E-state index in [-0.39, 0.29) is 0 Å². The summed E-state index contributed by atoms with van der Waals surface area (Å²) < 4.78 is 0. The molecule has 0 aliphatic heterocycles. The van der Waals surface area contributed by atoms with Gasteiger partial charge < -0.3 is 10.0 Å². The molecule has 1 N–H and O–H groups in total. The highest BCUT2D eigenvalue weighted by atomic mass is 16.3. The molecule has 3 rings (SSSR count). The van der Waals surface area contributed by atoms with Crippen molar-refractivity contribution in [3.05, 3.63) is 29.3 Å². The number of aromatic hydroxyl groups is 1. The van der Waals surface area contributed by atoms with Gasteiger partial charge in [-0.2, -0.15) is 0 Å². The van der Waals surface area contributed by atoms with Gasteiger partial charge in [0, 0.05) is 18.1 Å². The third-order valence-corrected chi connectivity index (χ3v) is 5.72. The highest BCUT2D eigenvalue weighted by Gasteiger charge is 2.41. The van der Waals surface area contributed by atoms with E-state index in [2.05, 4.69) is 37.0 Å². The number of nitrogens with zero attached hydrogens (tertiary/aromatic N) is 2. The van der Waals surface area contributed by atoms with Crippen LogP contribution < -0.4 is 0 Å². The highest BCUT2D eigenvalue weighted by molar-refractivity contribution is 5.38. The zero-order chi connectivity index (χ0) is 15.0. The maximum absolute atomic E-state index is 9.70. The second-order valence-electron chi connectivity index (χ2n) is 7.18. The predicted molar refractivity (Wildman–Crippen MR) is 86.7 cm³/mol. The molecule has 1 atom stereocenters. The first-order valence-corrected chi connectivity index (χ1v) is 8.21. The number of rotatable bonds is 4. The highest BCUT2D eigenvalue weighted by Crippen LogP contribution is 2.40. The Morgan fingerprint density at radius 2 is 1.95 bits per heavy atom. The molecule has 0 radical (unpaired) electrons. The molecular formula is C18H28N2O. The van der Waals surface area contributed by atoms with Crippen LogP contribution in [0.4, 0.5) is 0 Å². The Bertz CT molecular complexity index is 508. The van der Waals surface area contributed by atoms with E-state index in [1.807, 2.05) is 12.1 Å². The molecule has 3 heteroatoms. The summed E-state index contributed by atoms with van der Waals surface area (Å²) in [5, 5.41) is 9.70. The minimum atomic E-state index is 0.378. The third kappa shape index (κ3) is 2.69. The van der Waals surface area contributed by atoms with Gasteiger partial charge in [0.05, 0.1) is 0 Å². The minimum Gasteiger partial charge on any atom is -0.508 e. The third-order valence-electron chi connectivity index (χ3n) is 5.72. The van der Waals surface area contributed by atoms with Crippen molar-refractivity contribution in [2.75, 3.05) is 27.7 Å². The molecule has 2 aliphatic rings. The number of phenols is 1. The fraction of sp³-hybridized carbons (Fsp3) is 0.667. The van der Waals surface area contributed by atoms with Gasteiger partial charge in [-0.25, -0.2) is 0 Å². The molecule has 0 aromatic heterocycles. The van der Waals surface area contributed by atoms with Crippen molar-refractivity contribution in [2.45, 2.75) is 50.1 Å². The van der Waals surface area contributed by atoms with Crippen molar-refractivity contribution in [1.82, 2.24) is 9.80 Å². The summed E-state index contributed by atoms with van der Waals surface area (Å²) in [6.07, 6.45) is 7.56. The van der Waals surface area contributed by atoms with E-state index >= 15 is 0 Å². The molecule has 0 heterocycles. The summed E-state index contributed by atoms with van der Waals surface area (Å²) in [4.78, 5) is 4.97. The van der Waals surface area contributed by atoms with Gasteiger partial charge in [-0.15, -0.1) is 0 Å². The van der Waals surface area contributed by atoms with Gasteiger partial charge in [0.1, 0.15) is 5.75 Å². The zero-order valence-electron chi connectivity index (χ0n) is 13.6. The molecule has 21 heavy (non-hydrogen) atoms. The predicted octanol–water partition coefficient (Wildman–Crippen LogP) is 3.19. The maximum atomic E-state index is 9.70. The van der Waals surface area contributed by atoms with Gasteiger partial charge in [-0.05, 0) is 82.9 Å². The Morgan fingerprint density at radius 1 is 1.19 bits per heavy atom. The van der Waals surface area contributed by atoms with Crippen LogP contribution in [0.5, 0.6) is 5.75 Å². The van der Waals surface area contributed by atoms with Crippen molar-refractivity contribution in [3.8, 4) is 5.75 Å². The Kier molecular flexibility index (Phi) is 3.98. The topological polar surface area (TPSA) is 26.7 Å². The molecule has 3 nitrogen and oxygen atoms in total. The number of hydrogen-bond acceptors (Lipinski definition) is 3. The minimum absolute atomic E-state index is 0.378. The summed E-state index contributed by atoms with van der Waals surface area (Å²) >= 11 is 0. The van der Waals surface area contributed by atoms with Crippen molar-refractivity contribution in [2.24, 2.45) is 0 Å². The standard InChI is InChI=1S/C18H28N2O/c1-19(2)18(10-5-11-18)13-20(3)17-7-4-6-14-12-15(21)8-9-16(14)17/h8-9,12,17,21H,4-7,10-11,13H2,1-3H3. The molecule has 0 bridgehead atoms. The molecule has 1 aromatic carbocycles. The second kappa shape index (κ2) is 5.62. The van der Waals surface area contributed by atoms with Gasteiger partial charge in [-0.1, -0.05) is 6.07 Å². The van der Waals surface area contributed by atoms with E-state index in [0.29, 0.717) is 17.3 Å². The van der Waals surface area contributed by atoms with Crippen LogP contribution in [0.15, 0.2) is 18.2 Å². The van der Waals surface area contributed by atoms with Crippen molar-refractivity contribution in [1.29, 1.82) is 0 Å². The fourth-order valence-corrected chi connectivity index (χ4v) is 4.14. The first-order chi connectivity index (χ1) is 10.0. The molecule has 0 amide bonds. The lowest BCUT2D eigenvalue weighted by Gasteiger charge is -2.51. The molecule has 0 saturated heterocycles. The van der Waals surface area contributed by atoms with E-state index in [9.17, 15) is 5.11 Å². The number of aryl methyl sites for hydroxylation is 1. The van der Waals surface area contributed by atoms with E-state index in [1.54, 1.807) is 0 Å². The average molecular weight is 288 g/mol. The number of likely N-dealkylation sites (N-methyl/N-ethyl adjacent to an activating group) is 2. The molecule has 1 aromatic rings. The van der Waals surface area contributed by atoms with Gasteiger partial charge in [0.25, 0.3) is 0 Å². The smallest absolute Gasteiger partial charge is 0.115 e. The monoisotopic (exact) mass is 288 g/mol. The summed E-state index contributed by atoms with van der Waals surface area (Å²) in [7, 11) is 6.72. The van der Waals surface area contributed by atoms with Gasteiger partial charge in [-0.3, -0.25) is 4.90 Å². The zero-order valence-corrected chi connectivity index (χ0v) is 13.6. The fourth-order valence-electron chi connectivity index (χ4n) is 4.14. The van der Waals surface area contributed by atoms with Crippen LogP contribution >= 0.6 is 0 Å². The van der Waals surface area contributed by atoms with Gasteiger partial charge in [0.15, 0.2) is 0 Å². The largest absolute Gasteiger partial charge is 0.508 e. The van der Waals surface area contributed by atoms with E-state index in [4.69, 9.17) is 0 Å². The van der Waals surface area contributed by atoms with E-state index in [1.165, 1.54) is 43.2 Å². The second-order valence-corrected chi connectivity index (χ2v) is 7.18. The molecular weight excluding hydrogens is 260 g/mol. The lowest BCUT2D eigenvalue weighted by atomic mass is 9.74. The quantitative estimate of drug-likeness (QED) is 0.922. The molecule has 1 fully saturated rings. The molecule has 116 valence electrons. The van der Waals surface area contributed by atoms with Crippen LogP contribution in [0, 0.1) is 0 Å². The average Bonchev–Trinajstić information content (AvgIpc) is 2.41. The first kappa shape index (κ1) is 14.9. The first-order valence-electron chi connectivity index (χ1n) is 8.21. The lowest BCUT2D eigenvalue weighted by molar-refractivity contribution is 0.0135. The van der Waals surface area contributed by atoms with Crippen LogP contribution in [0.25, 0.3) is 0 Å². The van der Waals surface area contributed by atoms with Crippen LogP contribution in [0.3, 0.4) is 0 Å². The molecule has 0 spiro atoms. The molecule has 2 aliphatic carbocycles. The molecule has 1 unspecified atom stereocenters. The number of fused-ring (bicyclic) bond motifs is 1. The number of benzene rings is 1. The summed E-state index contributed by atoms with van der Waals surface area (Å²) in [5.74, 6) is 0.404. The Labute approximate surface area is 128 Å². The van der Waals surface area contributed by atoms with Crippen LogP contribution in [-0.2, 0) is 6.42 Å². The summed E-state index contributed by atoms with van der Waals surface area (Å²) in [6.45, 7) is 1.14. The lowest BCUT2D eigenvalue weighted by Crippen LogP contribution is -2.57. The van der Waals surface area contributed by atoms with Crippen molar-refractivity contribution < 1.29 is 5.11 Å². The van der Waals surface area contributed by atoms with Crippen LogP contribution in [-0.4, -0.2) is 48.1 Å². The van der Waals surface area contributed by atoms with E-state index < -0.39 is 0 Å². The Hall–Kier alpha value is -1.06. The van der Waals surface area contributed by atoms with E-state index in [0.717, 1.165) is 13.0 Å². The van der Waals surface area contributed by atoms with Crippen LogP contribution in [0.2, 0.25) is 0 Å². The SMILES string of the molecule is CN(CC1(N(C)C)CCC1)C1CCCc2cc(O)ccc21. The Morgan fingerprint density at radius 3 is 2.57 bits per heavy atom. The maximum Gasteiger partial charge on any atom is 0.115 e. The summed E-state index contributed by atoms with van der Waals surface area (Å²) in [5.41, 5.74) is 3.14. The van der Waals surface area contributed by atoms with Crippen LogP contribution in [0.1, 0.15) is 49.3 Å².